The standard InChI is InChI=1S/C24H27N5O4/c1-3-5-12-28-22-21(27(16-25-22)14-19-7-6-13-33-19)23(31)29(24(28)32)15-20(30)26-18-10-8-17(4-2)9-11-18/h6-11,13,16H,3-5,12,14-15H2,1-2H3,(H,26,30). The third kappa shape index (κ3) is 4.67. The molecule has 1 N–H and O–H groups in total. The fourth-order valence-electron chi connectivity index (χ4n) is 3.75. The number of nitrogens with one attached hydrogen (secondary N) is 1. The molecule has 4 rings (SSSR count). The number of unbranched alkanes of at least 4 members (excludes halogenated alkanes) is 1. The van der Waals surface area contributed by atoms with E-state index in [1.165, 1.54) is 10.9 Å². The molecule has 0 unspecified atom stereocenters. The molecule has 9 nitrogen and oxygen atoms in total. The van der Waals surface area contributed by atoms with Crippen molar-refractivity contribution in [3.8, 4) is 0 Å². The van der Waals surface area contributed by atoms with Gasteiger partial charge in [-0.05, 0) is 42.7 Å². The van der Waals surface area contributed by atoms with Crippen molar-refractivity contribution in [2.24, 2.45) is 0 Å². The van der Waals surface area contributed by atoms with E-state index in [9.17, 15) is 14.4 Å². The smallest absolute Gasteiger partial charge is 0.333 e. The number of furan rings is 1. The molecular formula is C24H27N5O4. The number of fused-ring (bicyclic) bond motifs is 1. The van der Waals surface area contributed by atoms with E-state index in [4.69, 9.17) is 4.42 Å². The summed E-state index contributed by atoms with van der Waals surface area (Å²) in [4.78, 5) is 43.6. The molecule has 0 bridgehead atoms. The minimum atomic E-state index is -0.553. The van der Waals surface area contributed by atoms with Crippen molar-refractivity contribution in [3.63, 3.8) is 0 Å². The second kappa shape index (κ2) is 9.72. The van der Waals surface area contributed by atoms with Crippen LogP contribution in [0.5, 0.6) is 0 Å². The maximum absolute atomic E-state index is 13.3. The van der Waals surface area contributed by atoms with Crippen LogP contribution >= 0.6 is 0 Å². The lowest BCUT2D eigenvalue weighted by Crippen LogP contribution is -2.43. The molecule has 0 atom stereocenters. The molecule has 0 aliphatic heterocycles. The molecule has 0 saturated heterocycles. The molecule has 0 spiro atoms. The molecule has 1 aromatic carbocycles. The summed E-state index contributed by atoms with van der Waals surface area (Å²) in [5, 5.41) is 2.77. The van der Waals surface area contributed by atoms with Gasteiger partial charge in [0.2, 0.25) is 5.91 Å². The van der Waals surface area contributed by atoms with Crippen LogP contribution in [0.25, 0.3) is 11.2 Å². The SMILES string of the molecule is CCCCn1c(=O)n(CC(=O)Nc2ccc(CC)cc2)c(=O)c2c1ncn2Cc1ccco1. The molecule has 172 valence electrons. The van der Waals surface area contributed by atoms with Crippen LogP contribution in [0, 0.1) is 0 Å². The first kappa shape index (κ1) is 22.3. The number of hydrogen-bond acceptors (Lipinski definition) is 5. The summed E-state index contributed by atoms with van der Waals surface area (Å²) in [6.07, 6.45) is 5.59. The Bertz CT molecular complexity index is 1360. The Morgan fingerprint density at radius 2 is 1.88 bits per heavy atom. The van der Waals surface area contributed by atoms with Crippen molar-refractivity contribution in [2.75, 3.05) is 5.32 Å². The normalized spacial score (nSPS) is 11.2. The van der Waals surface area contributed by atoms with Crippen molar-refractivity contribution in [1.29, 1.82) is 0 Å². The van der Waals surface area contributed by atoms with E-state index in [1.54, 1.807) is 35.1 Å². The van der Waals surface area contributed by atoms with E-state index in [0.717, 1.165) is 29.4 Å². The van der Waals surface area contributed by atoms with Gasteiger partial charge in [0.05, 0.1) is 19.1 Å². The van der Waals surface area contributed by atoms with Gasteiger partial charge in [0.25, 0.3) is 5.56 Å². The minimum absolute atomic E-state index is 0.266. The highest BCUT2D eigenvalue weighted by Gasteiger charge is 2.20. The van der Waals surface area contributed by atoms with E-state index in [-0.39, 0.29) is 12.1 Å². The number of nitrogens with zero attached hydrogens (tertiary/aromatic N) is 4. The van der Waals surface area contributed by atoms with Crippen molar-refractivity contribution < 1.29 is 9.21 Å². The Kier molecular flexibility index (Phi) is 6.58. The third-order valence-electron chi connectivity index (χ3n) is 5.57. The Balaban J connectivity index is 1.71. The zero-order chi connectivity index (χ0) is 23.4. The Morgan fingerprint density at radius 1 is 1.09 bits per heavy atom. The first-order valence-corrected chi connectivity index (χ1v) is 11.1. The lowest BCUT2D eigenvalue weighted by Gasteiger charge is -2.12. The second-order valence-electron chi connectivity index (χ2n) is 7.90. The summed E-state index contributed by atoms with van der Waals surface area (Å²) in [5.41, 5.74) is 1.25. The molecule has 3 aromatic heterocycles. The Labute approximate surface area is 190 Å². The summed E-state index contributed by atoms with van der Waals surface area (Å²) in [6.45, 7) is 4.38. The number of aryl methyl sites for hydroxylation is 2. The number of benzene rings is 1. The summed E-state index contributed by atoms with van der Waals surface area (Å²) in [7, 11) is 0. The van der Waals surface area contributed by atoms with Crippen LogP contribution in [0.3, 0.4) is 0 Å². The number of carbonyl (C=O) groups is 1. The van der Waals surface area contributed by atoms with E-state index >= 15 is 0 Å². The predicted molar refractivity (Wildman–Crippen MR) is 125 cm³/mol. The number of amides is 1. The van der Waals surface area contributed by atoms with Gasteiger partial charge < -0.3 is 14.3 Å². The number of anilines is 1. The van der Waals surface area contributed by atoms with Crippen LogP contribution in [0.15, 0.2) is 63.0 Å². The zero-order valence-electron chi connectivity index (χ0n) is 18.8. The molecule has 3 heterocycles. The Hall–Kier alpha value is -3.88. The average molecular weight is 450 g/mol. The number of carbonyl (C=O) groups excluding carboxylic acids is 1. The molecule has 0 radical (unpaired) electrons. The molecule has 33 heavy (non-hydrogen) atoms. The Morgan fingerprint density at radius 3 is 2.55 bits per heavy atom. The number of rotatable bonds is 9. The summed E-state index contributed by atoms with van der Waals surface area (Å²) >= 11 is 0. The average Bonchev–Trinajstić information content (AvgIpc) is 3.48. The predicted octanol–water partition coefficient (Wildman–Crippen LogP) is 3.00. The van der Waals surface area contributed by atoms with Crippen LogP contribution in [-0.4, -0.2) is 24.6 Å². The van der Waals surface area contributed by atoms with Crippen LogP contribution in [0.4, 0.5) is 5.69 Å². The fourth-order valence-corrected chi connectivity index (χ4v) is 3.75. The first-order chi connectivity index (χ1) is 16.0. The van der Waals surface area contributed by atoms with Crippen LogP contribution < -0.4 is 16.6 Å². The highest BCUT2D eigenvalue weighted by atomic mass is 16.3. The lowest BCUT2D eigenvalue weighted by molar-refractivity contribution is -0.116. The van der Waals surface area contributed by atoms with Crippen molar-refractivity contribution >= 4 is 22.8 Å². The van der Waals surface area contributed by atoms with Crippen molar-refractivity contribution in [1.82, 2.24) is 18.7 Å². The summed E-state index contributed by atoms with van der Waals surface area (Å²) in [5.74, 6) is 0.205. The van der Waals surface area contributed by atoms with Crippen molar-refractivity contribution in [3.05, 3.63) is 81.2 Å². The van der Waals surface area contributed by atoms with E-state index in [1.807, 2.05) is 19.1 Å². The lowest BCUT2D eigenvalue weighted by atomic mass is 10.1. The minimum Gasteiger partial charge on any atom is -0.467 e. The van der Waals surface area contributed by atoms with Gasteiger partial charge in [-0.3, -0.25) is 14.2 Å². The first-order valence-electron chi connectivity index (χ1n) is 11.1. The number of aromatic nitrogens is 4. The maximum Gasteiger partial charge on any atom is 0.333 e. The molecule has 0 saturated carbocycles. The topological polar surface area (TPSA) is 104 Å². The highest BCUT2D eigenvalue weighted by molar-refractivity contribution is 5.90. The van der Waals surface area contributed by atoms with Gasteiger partial charge in [-0.2, -0.15) is 0 Å². The zero-order valence-corrected chi connectivity index (χ0v) is 18.8. The van der Waals surface area contributed by atoms with Gasteiger partial charge in [0.15, 0.2) is 11.2 Å². The van der Waals surface area contributed by atoms with Gasteiger partial charge in [-0.1, -0.05) is 32.4 Å². The second-order valence-corrected chi connectivity index (χ2v) is 7.90. The highest BCUT2D eigenvalue weighted by Crippen LogP contribution is 2.12. The number of imidazole rings is 1. The molecule has 1 amide bonds. The van der Waals surface area contributed by atoms with Gasteiger partial charge >= 0.3 is 5.69 Å². The van der Waals surface area contributed by atoms with E-state index in [0.29, 0.717) is 30.2 Å². The van der Waals surface area contributed by atoms with Crippen LogP contribution in [0.2, 0.25) is 0 Å². The van der Waals surface area contributed by atoms with Gasteiger partial charge in [-0.25, -0.2) is 14.3 Å². The van der Waals surface area contributed by atoms with Crippen LogP contribution in [0.1, 0.15) is 38.0 Å². The summed E-state index contributed by atoms with van der Waals surface area (Å²) in [6, 6.07) is 11.0. The molecule has 0 aliphatic carbocycles. The van der Waals surface area contributed by atoms with E-state index < -0.39 is 17.2 Å². The van der Waals surface area contributed by atoms with Gasteiger partial charge in [-0.15, -0.1) is 0 Å². The molecule has 9 heteroatoms. The van der Waals surface area contributed by atoms with Crippen molar-refractivity contribution in [2.45, 2.75) is 52.7 Å². The van der Waals surface area contributed by atoms with Gasteiger partial charge in [0.1, 0.15) is 12.3 Å². The summed E-state index contributed by atoms with van der Waals surface area (Å²) < 4.78 is 9.51. The van der Waals surface area contributed by atoms with E-state index in [2.05, 4.69) is 17.2 Å². The largest absolute Gasteiger partial charge is 0.467 e. The van der Waals surface area contributed by atoms with Gasteiger partial charge in [0, 0.05) is 12.2 Å². The van der Waals surface area contributed by atoms with Crippen LogP contribution in [-0.2, 0) is 30.8 Å². The quantitative estimate of drug-likeness (QED) is 0.423. The molecule has 0 aliphatic rings. The monoisotopic (exact) mass is 449 g/mol. The maximum atomic E-state index is 13.3. The molecular weight excluding hydrogens is 422 g/mol. The third-order valence-corrected chi connectivity index (χ3v) is 5.57. The molecule has 0 fully saturated rings. The fraction of sp³-hybridized carbons (Fsp3) is 0.333. The number of hydrogen-bond donors (Lipinski definition) is 1. The molecule has 4 aromatic rings.